The Morgan fingerprint density at radius 2 is 1.94 bits per heavy atom. The van der Waals surface area contributed by atoms with Gasteiger partial charge in [-0.05, 0) is 43.5 Å². The van der Waals surface area contributed by atoms with E-state index < -0.39 is 0 Å². The van der Waals surface area contributed by atoms with E-state index in [4.69, 9.17) is 5.26 Å². The minimum absolute atomic E-state index is 0.705. The third-order valence-electron chi connectivity index (χ3n) is 2.43. The van der Waals surface area contributed by atoms with Crippen molar-refractivity contribution in [1.82, 2.24) is 0 Å². The number of benzene rings is 1. The quantitative estimate of drug-likeness (QED) is 0.554. The summed E-state index contributed by atoms with van der Waals surface area (Å²) in [5.41, 5.74) is 1.79. The molecule has 1 aromatic rings. The first kappa shape index (κ1) is 12.3. The lowest BCUT2D eigenvalue weighted by atomic mass is 10.2. The topological polar surface area (TPSA) is 35.8 Å². The summed E-state index contributed by atoms with van der Waals surface area (Å²) in [6, 6.07) is 9.67. The van der Waals surface area contributed by atoms with Gasteiger partial charge in [0.2, 0.25) is 0 Å². The zero-order valence-electron chi connectivity index (χ0n) is 9.58. The molecule has 0 radical (unpaired) electrons. The average Bonchev–Trinajstić information content (AvgIpc) is 2.34. The molecule has 0 aliphatic carbocycles. The molecule has 0 amide bonds. The Balaban J connectivity index is 2.17. The largest absolute Gasteiger partial charge is 0.385 e. The van der Waals surface area contributed by atoms with Crippen molar-refractivity contribution in [2.45, 2.75) is 25.7 Å². The fraction of sp³-hybridized carbons (Fsp3) is 0.357. The Morgan fingerprint density at radius 3 is 2.56 bits per heavy atom. The number of nitriles is 1. The third kappa shape index (κ3) is 4.65. The molecule has 0 aromatic heterocycles. The SMILES string of the molecule is C=CCCCCCNc1ccc(C#N)cc1. The Morgan fingerprint density at radius 1 is 1.19 bits per heavy atom. The van der Waals surface area contributed by atoms with E-state index in [1.54, 1.807) is 0 Å². The highest BCUT2D eigenvalue weighted by molar-refractivity contribution is 5.46. The molecule has 0 fully saturated rings. The van der Waals surface area contributed by atoms with Gasteiger partial charge in [-0.2, -0.15) is 5.26 Å². The summed E-state index contributed by atoms with van der Waals surface area (Å²) in [6.07, 6.45) is 6.70. The van der Waals surface area contributed by atoms with E-state index in [0.717, 1.165) is 18.7 Å². The molecular formula is C14H18N2. The van der Waals surface area contributed by atoms with Gasteiger partial charge in [-0.15, -0.1) is 6.58 Å². The van der Waals surface area contributed by atoms with Crippen molar-refractivity contribution in [2.24, 2.45) is 0 Å². The molecule has 2 nitrogen and oxygen atoms in total. The number of rotatable bonds is 7. The van der Waals surface area contributed by atoms with Gasteiger partial charge in [0, 0.05) is 12.2 Å². The molecule has 0 unspecified atom stereocenters. The van der Waals surface area contributed by atoms with Crippen LogP contribution >= 0.6 is 0 Å². The molecule has 84 valence electrons. The van der Waals surface area contributed by atoms with Crippen molar-refractivity contribution >= 4 is 5.69 Å². The maximum absolute atomic E-state index is 8.65. The molecule has 1 N–H and O–H groups in total. The number of hydrogen-bond acceptors (Lipinski definition) is 2. The minimum Gasteiger partial charge on any atom is -0.385 e. The number of nitrogens with zero attached hydrogens (tertiary/aromatic N) is 1. The van der Waals surface area contributed by atoms with E-state index in [0.29, 0.717) is 5.56 Å². The van der Waals surface area contributed by atoms with Gasteiger partial charge in [0.1, 0.15) is 0 Å². The van der Waals surface area contributed by atoms with E-state index >= 15 is 0 Å². The van der Waals surface area contributed by atoms with Crippen LogP contribution in [0.25, 0.3) is 0 Å². The van der Waals surface area contributed by atoms with Crippen LogP contribution in [0.5, 0.6) is 0 Å². The van der Waals surface area contributed by atoms with E-state index in [9.17, 15) is 0 Å². The summed E-state index contributed by atoms with van der Waals surface area (Å²) in [5.74, 6) is 0. The molecule has 0 atom stereocenters. The van der Waals surface area contributed by atoms with Crippen molar-refractivity contribution in [1.29, 1.82) is 5.26 Å². The van der Waals surface area contributed by atoms with Gasteiger partial charge >= 0.3 is 0 Å². The highest BCUT2D eigenvalue weighted by Crippen LogP contribution is 2.09. The van der Waals surface area contributed by atoms with Gasteiger partial charge < -0.3 is 5.32 Å². The molecule has 0 saturated carbocycles. The molecule has 0 aliphatic heterocycles. The molecule has 0 saturated heterocycles. The molecule has 2 heteroatoms. The Labute approximate surface area is 97.6 Å². The van der Waals surface area contributed by atoms with Crippen LogP contribution < -0.4 is 5.32 Å². The lowest BCUT2D eigenvalue weighted by Gasteiger charge is -2.05. The van der Waals surface area contributed by atoms with Crippen LogP contribution in [0.15, 0.2) is 36.9 Å². The summed E-state index contributed by atoms with van der Waals surface area (Å²) in [5, 5.41) is 12.0. The van der Waals surface area contributed by atoms with E-state index in [1.807, 2.05) is 30.3 Å². The molecule has 16 heavy (non-hydrogen) atoms. The van der Waals surface area contributed by atoms with Crippen LogP contribution in [-0.4, -0.2) is 6.54 Å². The number of unbranched alkanes of at least 4 members (excludes halogenated alkanes) is 3. The second kappa shape index (κ2) is 7.53. The molecule has 1 aromatic carbocycles. The summed E-state index contributed by atoms with van der Waals surface area (Å²) in [6.45, 7) is 4.69. The lowest BCUT2D eigenvalue weighted by molar-refractivity contribution is 0.709. The summed E-state index contributed by atoms with van der Waals surface area (Å²) >= 11 is 0. The van der Waals surface area contributed by atoms with Crippen molar-refractivity contribution in [3.63, 3.8) is 0 Å². The standard InChI is InChI=1S/C14H18N2/c1-2-3-4-5-6-11-16-14-9-7-13(12-15)8-10-14/h2,7-10,16H,1,3-6,11H2. The fourth-order valence-corrected chi connectivity index (χ4v) is 1.49. The van der Waals surface area contributed by atoms with Crippen LogP contribution in [-0.2, 0) is 0 Å². The van der Waals surface area contributed by atoms with Gasteiger partial charge in [-0.25, -0.2) is 0 Å². The second-order valence-corrected chi connectivity index (χ2v) is 3.75. The minimum atomic E-state index is 0.705. The van der Waals surface area contributed by atoms with Crippen molar-refractivity contribution < 1.29 is 0 Å². The van der Waals surface area contributed by atoms with Crippen LogP contribution in [0, 0.1) is 11.3 Å². The zero-order valence-corrected chi connectivity index (χ0v) is 9.58. The summed E-state index contributed by atoms with van der Waals surface area (Å²) in [7, 11) is 0. The van der Waals surface area contributed by atoms with Crippen LogP contribution in [0.4, 0.5) is 5.69 Å². The number of anilines is 1. The lowest BCUT2D eigenvalue weighted by Crippen LogP contribution is -2.00. The van der Waals surface area contributed by atoms with Crippen molar-refractivity contribution in [2.75, 3.05) is 11.9 Å². The highest BCUT2D eigenvalue weighted by Gasteiger charge is 1.93. The molecule has 1 rings (SSSR count). The predicted octanol–water partition coefficient (Wildman–Crippen LogP) is 3.72. The van der Waals surface area contributed by atoms with E-state index in [1.165, 1.54) is 19.3 Å². The van der Waals surface area contributed by atoms with Crippen LogP contribution in [0.3, 0.4) is 0 Å². The third-order valence-corrected chi connectivity index (χ3v) is 2.43. The highest BCUT2D eigenvalue weighted by atomic mass is 14.9. The monoisotopic (exact) mass is 214 g/mol. The van der Waals surface area contributed by atoms with E-state index in [-0.39, 0.29) is 0 Å². The number of nitrogens with one attached hydrogen (secondary N) is 1. The molecular weight excluding hydrogens is 196 g/mol. The Kier molecular flexibility index (Phi) is 5.80. The summed E-state index contributed by atoms with van der Waals surface area (Å²) in [4.78, 5) is 0. The zero-order chi connectivity index (χ0) is 11.6. The fourth-order valence-electron chi connectivity index (χ4n) is 1.49. The molecule has 0 spiro atoms. The molecule has 0 aliphatic rings. The second-order valence-electron chi connectivity index (χ2n) is 3.75. The Bertz CT molecular complexity index is 346. The van der Waals surface area contributed by atoms with Crippen LogP contribution in [0.1, 0.15) is 31.2 Å². The van der Waals surface area contributed by atoms with Crippen molar-refractivity contribution in [3.05, 3.63) is 42.5 Å². The first-order valence-corrected chi connectivity index (χ1v) is 5.72. The molecule has 0 bridgehead atoms. The van der Waals surface area contributed by atoms with Gasteiger partial charge in [-0.1, -0.05) is 12.5 Å². The Hall–Kier alpha value is -1.75. The average molecular weight is 214 g/mol. The maximum atomic E-state index is 8.65. The maximum Gasteiger partial charge on any atom is 0.0991 e. The van der Waals surface area contributed by atoms with Crippen molar-refractivity contribution in [3.8, 4) is 6.07 Å². The van der Waals surface area contributed by atoms with Gasteiger partial charge in [0.25, 0.3) is 0 Å². The van der Waals surface area contributed by atoms with Crippen LogP contribution in [0.2, 0.25) is 0 Å². The predicted molar refractivity (Wildman–Crippen MR) is 68.3 cm³/mol. The van der Waals surface area contributed by atoms with Gasteiger partial charge in [0.15, 0.2) is 0 Å². The normalized spacial score (nSPS) is 9.44. The molecule has 0 heterocycles. The number of allylic oxidation sites excluding steroid dienone is 1. The first-order chi connectivity index (χ1) is 7.86. The summed E-state index contributed by atoms with van der Waals surface area (Å²) < 4.78 is 0. The first-order valence-electron chi connectivity index (χ1n) is 5.72. The van der Waals surface area contributed by atoms with Gasteiger partial charge in [0.05, 0.1) is 11.6 Å². The van der Waals surface area contributed by atoms with Gasteiger partial charge in [-0.3, -0.25) is 0 Å². The number of hydrogen-bond donors (Lipinski definition) is 1. The smallest absolute Gasteiger partial charge is 0.0991 e. The van der Waals surface area contributed by atoms with E-state index in [2.05, 4.69) is 18.0 Å².